The summed E-state index contributed by atoms with van der Waals surface area (Å²) >= 11 is 0. The zero-order chi connectivity index (χ0) is 18.9. The van der Waals surface area contributed by atoms with Crippen LogP contribution in [-0.2, 0) is 17.6 Å². The van der Waals surface area contributed by atoms with Crippen LogP contribution in [0.15, 0.2) is 24.3 Å². The van der Waals surface area contributed by atoms with Gasteiger partial charge in [-0.05, 0) is 48.9 Å². The van der Waals surface area contributed by atoms with Gasteiger partial charge in [-0.1, -0.05) is 12.1 Å². The molecule has 1 aromatic carbocycles. The second kappa shape index (κ2) is 7.42. The van der Waals surface area contributed by atoms with E-state index < -0.39 is 0 Å². The first-order chi connectivity index (χ1) is 13.9. The van der Waals surface area contributed by atoms with Crippen LogP contribution in [0, 0.1) is 11.3 Å². The van der Waals surface area contributed by atoms with Crippen LogP contribution in [0.4, 0.5) is 5.82 Å². The van der Waals surface area contributed by atoms with Gasteiger partial charge in [0.1, 0.15) is 25.0 Å². The number of fused-ring (bicyclic) bond motifs is 4. The van der Waals surface area contributed by atoms with E-state index in [1.807, 2.05) is 18.2 Å². The highest BCUT2D eigenvalue weighted by Gasteiger charge is 2.24. The molecular formula is C22H26N5O+. The first-order valence-corrected chi connectivity index (χ1v) is 10.4. The number of pyridine rings is 1. The summed E-state index contributed by atoms with van der Waals surface area (Å²) in [6, 6.07) is 10.7. The molecule has 3 heterocycles. The van der Waals surface area contributed by atoms with Crippen LogP contribution in [0.2, 0.25) is 0 Å². The molecule has 0 radical (unpaired) electrons. The second-order valence-corrected chi connectivity index (χ2v) is 7.80. The van der Waals surface area contributed by atoms with Crippen molar-refractivity contribution in [3.63, 3.8) is 0 Å². The lowest BCUT2D eigenvalue weighted by atomic mass is 9.89. The molecule has 0 atom stereocenters. The Bertz CT molecular complexity index is 1060. The van der Waals surface area contributed by atoms with Crippen molar-refractivity contribution in [1.82, 2.24) is 9.38 Å². The van der Waals surface area contributed by atoms with E-state index in [2.05, 4.69) is 21.9 Å². The number of anilines is 1. The van der Waals surface area contributed by atoms with Crippen molar-refractivity contribution in [2.24, 2.45) is 0 Å². The number of para-hydroxylation sites is 2. The number of quaternary nitrogens is 1. The Hall–Kier alpha value is -2.62. The third-order valence-electron chi connectivity index (χ3n) is 6.15. The van der Waals surface area contributed by atoms with Crippen LogP contribution in [0.25, 0.3) is 16.7 Å². The molecule has 144 valence electrons. The molecule has 0 amide bonds. The smallest absolute Gasteiger partial charge is 0.157 e. The topological polar surface area (TPSA) is 66.8 Å². The van der Waals surface area contributed by atoms with E-state index in [0.717, 1.165) is 86.7 Å². The highest BCUT2D eigenvalue weighted by Crippen LogP contribution is 2.35. The summed E-state index contributed by atoms with van der Waals surface area (Å²) in [6.45, 7) is 5.87. The molecule has 1 fully saturated rings. The molecule has 2 aliphatic rings. The number of benzene rings is 1. The van der Waals surface area contributed by atoms with Gasteiger partial charge in [-0.25, -0.2) is 4.98 Å². The predicted molar refractivity (Wildman–Crippen MR) is 109 cm³/mol. The molecule has 0 saturated carbocycles. The zero-order valence-corrected chi connectivity index (χ0v) is 16.1. The van der Waals surface area contributed by atoms with Gasteiger partial charge in [0.15, 0.2) is 5.65 Å². The maximum absolute atomic E-state index is 9.91. The summed E-state index contributed by atoms with van der Waals surface area (Å²) in [7, 11) is 0. The van der Waals surface area contributed by atoms with Gasteiger partial charge >= 0.3 is 0 Å². The van der Waals surface area contributed by atoms with Gasteiger partial charge in [0.25, 0.3) is 0 Å². The summed E-state index contributed by atoms with van der Waals surface area (Å²) in [5.74, 6) is 1.14. The van der Waals surface area contributed by atoms with Crippen molar-refractivity contribution in [3.05, 3.63) is 41.0 Å². The molecule has 28 heavy (non-hydrogen) atoms. The van der Waals surface area contributed by atoms with Crippen LogP contribution >= 0.6 is 0 Å². The van der Waals surface area contributed by atoms with Crippen molar-refractivity contribution in [2.45, 2.75) is 25.7 Å². The number of imidazole rings is 1. The van der Waals surface area contributed by atoms with E-state index >= 15 is 0 Å². The van der Waals surface area contributed by atoms with Crippen LogP contribution in [0.5, 0.6) is 0 Å². The van der Waals surface area contributed by atoms with Gasteiger partial charge in [-0.2, -0.15) is 5.26 Å². The van der Waals surface area contributed by atoms with Gasteiger partial charge in [-0.3, -0.25) is 4.40 Å². The summed E-state index contributed by atoms with van der Waals surface area (Å²) in [6.07, 6.45) is 4.33. The zero-order valence-electron chi connectivity index (χ0n) is 16.1. The van der Waals surface area contributed by atoms with Crippen molar-refractivity contribution in [3.8, 4) is 6.07 Å². The predicted octanol–water partition coefficient (Wildman–Crippen LogP) is 1.56. The molecule has 1 aliphatic carbocycles. The molecule has 2 aromatic heterocycles. The second-order valence-electron chi connectivity index (χ2n) is 7.80. The first-order valence-electron chi connectivity index (χ1n) is 10.4. The van der Waals surface area contributed by atoms with Crippen molar-refractivity contribution in [1.29, 1.82) is 5.26 Å². The molecule has 6 nitrogen and oxygen atoms in total. The molecule has 5 rings (SSSR count). The van der Waals surface area contributed by atoms with E-state index in [1.54, 1.807) is 4.90 Å². The Balaban J connectivity index is 1.60. The van der Waals surface area contributed by atoms with E-state index in [4.69, 9.17) is 9.72 Å². The number of nitrogens with one attached hydrogen (secondary N) is 2. The lowest BCUT2D eigenvalue weighted by Crippen LogP contribution is -3.14. The average Bonchev–Trinajstić information content (AvgIpc) is 3.13. The minimum absolute atomic E-state index is 0.759. The van der Waals surface area contributed by atoms with Crippen LogP contribution in [0.1, 0.15) is 29.5 Å². The van der Waals surface area contributed by atoms with Crippen LogP contribution in [-0.4, -0.2) is 48.8 Å². The number of rotatable bonds is 4. The van der Waals surface area contributed by atoms with Gasteiger partial charge in [0, 0.05) is 0 Å². The SMILES string of the molecule is N#Cc1c2c(c(NCC[NH+]3CCOCC3)n3c1nc1ccccc13)CCCC2. The molecule has 0 bridgehead atoms. The standard InChI is InChI=1S/C22H25N5O/c23-15-18-16-5-1-2-6-17(16)21(24-9-10-26-11-13-28-14-12-26)27-20-8-4-3-7-19(20)25-22(18)27/h3-4,7-8,24H,1-2,5-6,9-14H2/p+1. The fraction of sp³-hybridized carbons (Fsp3) is 0.455. The number of ether oxygens (including phenoxy) is 1. The average molecular weight is 376 g/mol. The Morgan fingerprint density at radius 2 is 1.93 bits per heavy atom. The minimum Gasteiger partial charge on any atom is -0.370 e. The summed E-state index contributed by atoms with van der Waals surface area (Å²) in [5.41, 5.74) is 6.10. The summed E-state index contributed by atoms with van der Waals surface area (Å²) in [4.78, 5) is 6.42. The number of nitrogens with zero attached hydrogens (tertiary/aromatic N) is 3. The van der Waals surface area contributed by atoms with E-state index in [-0.39, 0.29) is 0 Å². The molecule has 2 N–H and O–H groups in total. The molecule has 1 aliphatic heterocycles. The first kappa shape index (κ1) is 17.5. The molecule has 0 spiro atoms. The normalized spacial score (nSPS) is 17.5. The number of aromatic nitrogens is 2. The van der Waals surface area contributed by atoms with Crippen LogP contribution < -0.4 is 10.2 Å². The maximum atomic E-state index is 9.91. The molecular weight excluding hydrogens is 350 g/mol. The minimum atomic E-state index is 0.759. The number of hydrogen-bond donors (Lipinski definition) is 2. The fourth-order valence-electron chi connectivity index (χ4n) is 4.70. The van der Waals surface area contributed by atoms with Gasteiger partial charge < -0.3 is 15.0 Å². The van der Waals surface area contributed by atoms with Crippen LogP contribution in [0.3, 0.4) is 0 Å². The Kier molecular flexibility index (Phi) is 4.63. The Labute approximate surface area is 164 Å². The van der Waals surface area contributed by atoms with Gasteiger partial charge in [-0.15, -0.1) is 0 Å². The highest BCUT2D eigenvalue weighted by molar-refractivity contribution is 5.86. The van der Waals surface area contributed by atoms with E-state index in [9.17, 15) is 5.26 Å². The lowest BCUT2D eigenvalue weighted by molar-refractivity contribution is -0.906. The van der Waals surface area contributed by atoms with Gasteiger partial charge in [0.2, 0.25) is 0 Å². The van der Waals surface area contributed by atoms with E-state index in [0.29, 0.717) is 0 Å². The Morgan fingerprint density at radius 3 is 2.75 bits per heavy atom. The quantitative estimate of drug-likeness (QED) is 0.725. The number of hydrogen-bond acceptors (Lipinski definition) is 4. The fourth-order valence-corrected chi connectivity index (χ4v) is 4.70. The van der Waals surface area contributed by atoms with Crippen molar-refractivity contribution >= 4 is 22.5 Å². The molecule has 3 aromatic rings. The van der Waals surface area contributed by atoms with E-state index in [1.165, 1.54) is 17.5 Å². The third-order valence-corrected chi connectivity index (χ3v) is 6.15. The number of morpholine rings is 1. The highest BCUT2D eigenvalue weighted by atomic mass is 16.5. The van der Waals surface area contributed by atoms with Crippen molar-refractivity contribution in [2.75, 3.05) is 44.7 Å². The molecule has 6 heteroatoms. The van der Waals surface area contributed by atoms with Crippen molar-refractivity contribution < 1.29 is 9.64 Å². The lowest BCUT2D eigenvalue weighted by Gasteiger charge is -2.26. The van der Waals surface area contributed by atoms with Gasteiger partial charge in [0.05, 0.1) is 42.9 Å². The Morgan fingerprint density at radius 1 is 1.14 bits per heavy atom. The molecule has 1 saturated heterocycles. The maximum Gasteiger partial charge on any atom is 0.157 e. The summed E-state index contributed by atoms with van der Waals surface area (Å²) < 4.78 is 7.66. The largest absolute Gasteiger partial charge is 0.370 e. The third kappa shape index (κ3) is 2.92. The summed E-state index contributed by atoms with van der Waals surface area (Å²) in [5, 5.41) is 13.7. The molecule has 0 unspecified atom stereocenters. The monoisotopic (exact) mass is 376 g/mol. The number of nitriles is 1.